The first kappa shape index (κ1) is 17.0. The van der Waals surface area contributed by atoms with Crippen molar-refractivity contribution in [2.75, 3.05) is 12.4 Å². The van der Waals surface area contributed by atoms with Crippen LogP contribution in [0.5, 0.6) is 11.5 Å². The van der Waals surface area contributed by atoms with Crippen LogP contribution in [0.2, 0.25) is 0 Å². The standard InChI is InChI=1S/C19H16F2N4O2/c1-26-13-8-6-12(7-9-13)15-10-16(25-19(24-15)22-11-23-25)14-4-2-3-5-17(14)27-18(20)21/h2-11,16,18H,1H3,(H,22,23,24)/t16-/m0/s1. The highest BCUT2D eigenvalue weighted by Gasteiger charge is 2.26. The van der Waals surface area contributed by atoms with Gasteiger partial charge >= 0.3 is 6.61 Å². The van der Waals surface area contributed by atoms with E-state index >= 15 is 0 Å². The molecule has 0 unspecified atom stereocenters. The number of halogens is 2. The summed E-state index contributed by atoms with van der Waals surface area (Å²) in [6.07, 6.45) is 3.31. The van der Waals surface area contributed by atoms with Crippen molar-refractivity contribution >= 4 is 11.6 Å². The summed E-state index contributed by atoms with van der Waals surface area (Å²) in [4.78, 5) is 4.22. The van der Waals surface area contributed by atoms with Gasteiger partial charge in [-0.05, 0) is 42.0 Å². The first-order valence-corrected chi connectivity index (χ1v) is 8.22. The number of nitrogens with one attached hydrogen (secondary N) is 1. The molecule has 1 atom stereocenters. The highest BCUT2D eigenvalue weighted by molar-refractivity contribution is 5.77. The van der Waals surface area contributed by atoms with Crippen LogP contribution in [0, 0.1) is 0 Å². The number of methoxy groups -OCH3 is 1. The van der Waals surface area contributed by atoms with Gasteiger partial charge < -0.3 is 14.8 Å². The molecular weight excluding hydrogens is 354 g/mol. The zero-order chi connectivity index (χ0) is 18.8. The molecule has 2 aromatic carbocycles. The number of ether oxygens (including phenoxy) is 2. The average molecular weight is 370 g/mol. The van der Waals surface area contributed by atoms with Crippen LogP contribution in [0.1, 0.15) is 17.2 Å². The summed E-state index contributed by atoms with van der Waals surface area (Å²) in [7, 11) is 1.60. The van der Waals surface area contributed by atoms with E-state index in [-0.39, 0.29) is 5.75 Å². The van der Waals surface area contributed by atoms with Gasteiger partial charge in [0.2, 0.25) is 5.95 Å². The lowest BCUT2D eigenvalue weighted by Gasteiger charge is -2.25. The predicted molar refractivity (Wildman–Crippen MR) is 95.8 cm³/mol. The molecule has 1 aromatic heterocycles. The van der Waals surface area contributed by atoms with Crippen molar-refractivity contribution < 1.29 is 18.3 Å². The van der Waals surface area contributed by atoms with Crippen LogP contribution in [0.3, 0.4) is 0 Å². The highest BCUT2D eigenvalue weighted by atomic mass is 19.3. The lowest BCUT2D eigenvalue weighted by atomic mass is 10.0. The molecule has 0 saturated heterocycles. The molecule has 3 aromatic rings. The third kappa shape index (κ3) is 3.33. The van der Waals surface area contributed by atoms with Gasteiger partial charge in [0.1, 0.15) is 23.9 Å². The van der Waals surface area contributed by atoms with Crippen LogP contribution < -0.4 is 14.8 Å². The second-order valence-corrected chi connectivity index (χ2v) is 5.82. The van der Waals surface area contributed by atoms with Crippen LogP contribution >= 0.6 is 0 Å². The topological polar surface area (TPSA) is 61.2 Å². The fourth-order valence-corrected chi connectivity index (χ4v) is 3.02. The number of hydrogen-bond acceptors (Lipinski definition) is 5. The van der Waals surface area contributed by atoms with Gasteiger partial charge in [-0.3, -0.25) is 0 Å². The van der Waals surface area contributed by atoms with Crippen molar-refractivity contribution in [2.45, 2.75) is 12.7 Å². The summed E-state index contributed by atoms with van der Waals surface area (Å²) >= 11 is 0. The van der Waals surface area contributed by atoms with E-state index in [4.69, 9.17) is 9.47 Å². The first-order chi connectivity index (χ1) is 13.2. The quantitative estimate of drug-likeness (QED) is 0.737. The van der Waals surface area contributed by atoms with Crippen LogP contribution in [0.15, 0.2) is 60.9 Å². The van der Waals surface area contributed by atoms with E-state index in [9.17, 15) is 8.78 Å². The molecule has 138 valence electrons. The van der Waals surface area contributed by atoms with Crippen molar-refractivity contribution in [3.8, 4) is 11.5 Å². The Morgan fingerprint density at radius 3 is 2.63 bits per heavy atom. The maximum Gasteiger partial charge on any atom is 0.387 e. The molecular formula is C19H16F2N4O2. The van der Waals surface area contributed by atoms with E-state index in [1.165, 1.54) is 12.4 Å². The summed E-state index contributed by atoms with van der Waals surface area (Å²) in [5.41, 5.74) is 2.26. The molecule has 27 heavy (non-hydrogen) atoms. The van der Waals surface area contributed by atoms with Crippen molar-refractivity contribution in [3.63, 3.8) is 0 Å². The summed E-state index contributed by atoms with van der Waals surface area (Å²) < 4.78 is 37.2. The Morgan fingerprint density at radius 1 is 1.11 bits per heavy atom. The molecule has 4 rings (SSSR count). The Balaban J connectivity index is 1.78. The fourth-order valence-electron chi connectivity index (χ4n) is 3.02. The van der Waals surface area contributed by atoms with E-state index < -0.39 is 12.7 Å². The number of aromatic nitrogens is 3. The van der Waals surface area contributed by atoms with Crippen molar-refractivity contribution in [1.29, 1.82) is 0 Å². The zero-order valence-corrected chi connectivity index (χ0v) is 14.3. The number of allylic oxidation sites excluding steroid dienone is 1. The second-order valence-electron chi connectivity index (χ2n) is 5.82. The van der Waals surface area contributed by atoms with Gasteiger partial charge in [0, 0.05) is 11.3 Å². The third-order valence-electron chi connectivity index (χ3n) is 4.26. The monoisotopic (exact) mass is 370 g/mol. The Bertz CT molecular complexity index is 970. The molecule has 0 aliphatic carbocycles. The van der Waals surface area contributed by atoms with Gasteiger partial charge in [0.15, 0.2) is 0 Å². The summed E-state index contributed by atoms with van der Waals surface area (Å²) in [5, 5.41) is 7.44. The van der Waals surface area contributed by atoms with E-state index in [2.05, 4.69) is 15.4 Å². The largest absolute Gasteiger partial charge is 0.497 e. The molecule has 0 amide bonds. The Hall–Kier alpha value is -3.42. The average Bonchev–Trinajstić information content (AvgIpc) is 3.16. The van der Waals surface area contributed by atoms with E-state index in [1.54, 1.807) is 30.0 Å². The zero-order valence-electron chi connectivity index (χ0n) is 14.3. The van der Waals surface area contributed by atoms with Gasteiger partial charge in [0.05, 0.1) is 7.11 Å². The normalized spacial score (nSPS) is 15.7. The third-order valence-corrected chi connectivity index (χ3v) is 4.26. The molecule has 8 heteroatoms. The van der Waals surface area contributed by atoms with Gasteiger partial charge in [-0.1, -0.05) is 18.2 Å². The van der Waals surface area contributed by atoms with E-state index in [0.717, 1.165) is 17.0 Å². The number of benzene rings is 2. The maximum absolute atomic E-state index is 12.8. The first-order valence-electron chi connectivity index (χ1n) is 8.22. The van der Waals surface area contributed by atoms with Crippen molar-refractivity contribution in [2.24, 2.45) is 0 Å². The molecule has 1 aliphatic rings. The predicted octanol–water partition coefficient (Wildman–Crippen LogP) is 3.94. The lowest BCUT2D eigenvalue weighted by Crippen LogP contribution is -2.21. The molecule has 2 heterocycles. The SMILES string of the molecule is COc1ccc(C2=C[C@@H](c3ccccc3OC(F)F)n3ncnc3N2)cc1. The Labute approximate surface area is 154 Å². The fraction of sp³-hybridized carbons (Fsp3) is 0.158. The molecule has 0 spiro atoms. The molecule has 0 radical (unpaired) electrons. The lowest BCUT2D eigenvalue weighted by molar-refractivity contribution is -0.0506. The molecule has 0 fully saturated rings. The summed E-state index contributed by atoms with van der Waals surface area (Å²) in [6, 6.07) is 13.7. The van der Waals surface area contributed by atoms with Crippen molar-refractivity contribution in [3.05, 3.63) is 72.1 Å². The van der Waals surface area contributed by atoms with Crippen molar-refractivity contribution in [1.82, 2.24) is 14.8 Å². The van der Waals surface area contributed by atoms with Crippen LogP contribution in [0.25, 0.3) is 5.70 Å². The molecule has 1 N–H and O–H groups in total. The van der Waals surface area contributed by atoms with E-state index in [1.807, 2.05) is 30.3 Å². The Kier molecular flexibility index (Phi) is 4.45. The van der Waals surface area contributed by atoms with Gasteiger partial charge in [-0.2, -0.15) is 18.9 Å². The van der Waals surface area contributed by atoms with Crippen LogP contribution in [-0.2, 0) is 0 Å². The highest BCUT2D eigenvalue weighted by Crippen LogP contribution is 2.36. The van der Waals surface area contributed by atoms with E-state index in [0.29, 0.717) is 11.5 Å². The van der Waals surface area contributed by atoms with Gasteiger partial charge in [-0.15, -0.1) is 0 Å². The number of fused-ring (bicyclic) bond motifs is 1. The second kappa shape index (κ2) is 7.06. The van der Waals surface area contributed by atoms with Crippen LogP contribution in [-0.4, -0.2) is 28.5 Å². The number of anilines is 1. The minimum atomic E-state index is -2.91. The minimum absolute atomic E-state index is 0.103. The Morgan fingerprint density at radius 2 is 1.89 bits per heavy atom. The number of para-hydroxylation sites is 1. The van der Waals surface area contributed by atoms with Gasteiger partial charge in [-0.25, -0.2) is 4.68 Å². The maximum atomic E-state index is 12.8. The molecule has 0 bridgehead atoms. The molecule has 1 aliphatic heterocycles. The summed E-state index contributed by atoms with van der Waals surface area (Å²) in [6.45, 7) is -2.91. The van der Waals surface area contributed by atoms with Crippen LogP contribution in [0.4, 0.5) is 14.7 Å². The number of hydrogen-bond donors (Lipinski definition) is 1. The summed E-state index contributed by atoms with van der Waals surface area (Å²) in [5.74, 6) is 1.36. The molecule has 0 saturated carbocycles. The number of rotatable bonds is 5. The number of alkyl halides is 2. The smallest absolute Gasteiger partial charge is 0.387 e. The minimum Gasteiger partial charge on any atom is -0.497 e. The number of nitrogens with zero attached hydrogens (tertiary/aromatic N) is 3. The van der Waals surface area contributed by atoms with Gasteiger partial charge in [0.25, 0.3) is 0 Å². The molecule has 6 nitrogen and oxygen atoms in total.